The van der Waals surface area contributed by atoms with Crippen LogP contribution in [0.3, 0.4) is 0 Å². The first-order valence-electron chi connectivity index (χ1n) is 9.00. The molecule has 0 spiro atoms. The normalized spacial score (nSPS) is 14.8. The number of benzene rings is 1. The van der Waals surface area contributed by atoms with Gasteiger partial charge in [-0.2, -0.15) is 0 Å². The molecule has 1 aliphatic carbocycles. The number of hydrogen-bond donors (Lipinski definition) is 1. The van der Waals surface area contributed by atoms with Gasteiger partial charge in [-0.1, -0.05) is 45.0 Å². The number of nitrogens with one attached hydrogen (secondary N) is 1. The maximum absolute atomic E-state index is 12.7. The van der Waals surface area contributed by atoms with Gasteiger partial charge in [-0.25, -0.2) is 0 Å². The Hall–Kier alpha value is -1.59. The number of rotatable bonds is 4. The molecule has 26 heavy (non-hydrogen) atoms. The largest absolute Gasteiger partial charge is 0.348 e. The van der Waals surface area contributed by atoms with Gasteiger partial charge in [-0.3, -0.25) is 4.79 Å². The predicted molar refractivity (Wildman–Crippen MR) is 112 cm³/mol. The molecular formula is C21H23BrN2OS. The first-order valence-corrected chi connectivity index (χ1v) is 10.6. The summed E-state index contributed by atoms with van der Waals surface area (Å²) in [6.45, 7) is 7.37. The van der Waals surface area contributed by atoms with Crippen LogP contribution in [-0.4, -0.2) is 16.5 Å². The molecular weight excluding hydrogens is 408 g/mol. The number of thiophene rings is 1. The number of halogens is 1. The number of carbonyl (C=O) groups excluding carboxylic acids is 1. The molecule has 1 amide bonds. The molecule has 0 bridgehead atoms. The molecule has 3 nitrogen and oxygen atoms in total. The molecule has 3 aromatic rings. The van der Waals surface area contributed by atoms with E-state index >= 15 is 0 Å². The number of hydrogen-bond acceptors (Lipinski definition) is 2. The summed E-state index contributed by atoms with van der Waals surface area (Å²) in [4.78, 5) is 12.7. The molecule has 0 atom stereocenters. The van der Waals surface area contributed by atoms with Gasteiger partial charge in [0, 0.05) is 12.6 Å². The molecule has 136 valence electrons. The highest BCUT2D eigenvalue weighted by Gasteiger charge is 2.26. The van der Waals surface area contributed by atoms with Gasteiger partial charge < -0.3 is 9.88 Å². The Kier molecular flexibility index (Phi) is 4.48. The fourth-order valence-corrected chi connectivity index (χ4v) is 4.71. The van der Waals surface area contributed by atoms with Crippen LogP contribution in [-0.2, 0) is 12.0 Å². The fourth-order valence-electron chi connectivity index (χ4n) is 3.15. The summed E-state index contributed by atoms with van der Waals surface area (Å²) in [5, 5.41) is 3.12. The molecule has 0 aliphatic heterocycles. The van der Waals surface area contributed by atoms with Crippen molar-refractivity contribution >= 4 is 43.4 Å². The van der Waals surface area contributed by atoms with Gasteiger partial charge in [0.2, 0.25) is 0 Å². The van der Waals surface area contributed by atoms with E-state index in [0.717, 1.165) is 32.5 Å². The van der Waals surface area contributed by atoms with Crippen LogP contribution in [0.1, 0.15) is 55.2 Å². The molecule has 0 radical (unpaired) electrons. The van der Waals surface area contributed by atoms with Gasteiger partial charge in [0.25, 0.3) is 5.91 Å². The standard InChI is InChI=1S/C21H23BrN2OS/c1-21(2,3)14-6-4-13(5-7-14)12-24-16-11-19(22)26-18(16)10-17(24)20(25)23-15-8-9-15/h4-7,10-11,15H,8-9,12H2,1-3H3,(H,23,25). The Labute approximate surface area is 166 Å². The van der Waals surface area contributed by atoms with Crippen LogP contribution in [0, 0.1) is 0 Å². The minimum atomic E-state index is 0.0401. The predicted octanol–water partition coefficient (Wildman–Crippen LogP) is 5.70. The molecule has 5 heteroatoms. The van der Waals surface area contributed by atoms with E-state index in [0.29, 0.717) is 12.6 Å². The summed E-state index contributed by atoms with van der Waals surface area (Å²) < 4.78 is 4.37. The fraction of sp³-hybridized carbons (Fsp3) is 0.381. The van der Waals surface area contributed by atoms with E-state index in [4.69, 9.17) is 0 Å². The van der Waals surface area contributed by atoms with Crippen molar-refractivity contribution in [1.29, 1.82) is 0 Å². The third-order valence-electron chi connectivity index (χ3n) is 4.87. The Morgan fingerprint density at radius 1 is 1.23 bits per heavy atom. The second kappa shape index (κ2) is 6.54. The molecule has 1 N–H and O–H groups in total. The van der Waals surface area contributed by atoms with Crippen LogP contribution >= 0.6 is 27.3 Å². The second-order valence-corrected chi connectivity index (χ2v) is 10.6. The van der Waals surface area contributed by atoms with E-state index in [1.54, 1.807) is 11.3 Å². The Morgan fingerprint density at radius 3 is 2.54 bits per heavy atom. The lowest BCUT2D eigenvalue weighted by atomic mass is 9.87. The maximum atomic E-state index is 12.7. The van der Waals surface area contributed by atoms with Crippen molar-refractivity contribution in [3.05, 3.63) is 57.0 Å². The quantitative estimate of drug-likeness (QED) is 0.565. The van der Waals surface area contributed by atoms with Crippen molar-refractivity contribution in [1.82, 2.24) is 9.88 Å². The first-order chi connectivity index (χ1) is 12.3. The molecule has 1 saturated carbocycles. The highest BCUT2D eigenvalue weighted by Crippen LogP contribution is 2.33. The molecule has 2 aromatic heterocycles. The zero-order chi connectivity index (χ0) is 18.5. The highest BCUT2D eigenvalue weighted by atomic mass is 79.9. The summed E-state index contributed by atoms with van der Waals surface area (Å²) in [6.07, 6.45) is 2.20. The van der Waals surface area contributed by atoms with Gasteiger partial charge in [0.05, 0.1) is 14.0 Å². The van der Waals surface area contributed by atoms with E-state index in [2.05, 4.69) is 76.9 Å². The van der Waals surface area contributed by atoms with Crippen molar-refractivity contribution in [3.8, 4) is 0 Å². The van der Waals surface area contributed by atoms with Gasteiger partial charge in [0.1, 0.15) is 5.69 Å². The van der Waals surface area contributed by atoms with E-state index in [9.17, 15) is 4.79 Å². The smallest absolute Gasteiger partial charge is 0.268 e. The zero-order valence-electron chi connectivity index (χ0n) is 15.3. The van der Waals surface area contributed by atoms with Gasteiger partial charge >= 0.3 is 0 Å². The van der Waals surface area contributed by atoms with Crippen molar-refractivity contribution in [2.24, 2.45) is 0 Å². The summed E-state index contributed by atoms with van der Waals surface area (Å²) in [5.74, 6) is 0.0401. The number of aromatic nitrogens is 1. The second-order valence-electron chi connectivity index (χ2n) is 8.11. The van der Waals surface area contributed by atoms with Gasteiger partial charge in [-0.15, -0.1) is 11.3 Å². The van der Waals surface area contributed by atoms with Crippen LogP contribution in [0.15, 0.2) is 40.2 Å². The lowest BCUT2D eigenvalue weighted by molar-refractivity contribution is 0.0942. The topological polar surface area (TPSA) is 34.0 Å². The van der Waals surface area contributed by atoms with Crippen molar-refractivity contribution in [2.75, 3.05) is 0 Å². The summed E-state index contributed by atoms with van der Waals surface area (Å²) >= 11 is 5.24. The minimum absolute atomic E-state index is 0.0401. The monoisotopic (exact) mass is 430 g/mol. The molecule has 1 fully saturated rings. The van der Waals surface area contributed by atoms with Crippen molar-refractivity contribution < 1.29 is 4.79 Å². The molecule has 0 unspecified atom stereocenters. The maximum Gasteiger partial charge on any atom is 0.268 e. The van der Waals surface area contributed by atoms with E-state index in [1.165, 1.54) is 11.1 Å². The highest BCUT2D eigenvalue weighted by molar-refractivity contribution is 9.11. The summed E-state index contributed by atoms with van der Waals surface area (Å²) in [6, 6.07) is 13.2. The molecule has 4 rings (SSSR count). The number of nitrogens with zero attached hydrogens (tertiary/aromatic N) is 1. The van der Waals surface area contributed by atoms with Gasteiger partial charge in [-0.05, 0) is 57.4 Å². The number of fused-ring (bicyclic) bond motifs is 1. The summed E-state index contributed by atoms with van der Waals surface area (Å²) in [7, 11) is 0. The SMILES string of the molecule is CC(C)(C)c1ccc(Cn2c(C(=O)NC3CC3)cc3sc(Br)cc32)cc1. The average Bonchev–Trinajstić information content (AvgIpc) is 3.22. The Balaban J connectivity index is 1.68. The molecule has 1 aromatic carbocycles. The molecule has 1 aliphatic rings. The lowest BCUT2D eigenvalue weighted by Gasteiger charge is -2.19. The molecule has 2 heterocycles. The number of carbonyl (C=O) groups is 1. The van der Waals surface area contributed by atoms with E-state index in [-0.39, 0.29) is 11.3 Å². The van der Waals surface area contributed by atoms with Crippen LogP contribution < -0.4 is 5.32 Å². The summed E-state index contributed by atoms with van der Waals surface area (Å²) in [5.41, 5.74) is 4.54. The van der Waals surface area contributed by atoms with Gasteiger partial charge in [0.15, 0.2) is 0 Å². The lowest BCUT2D eigenvalue weighted by Crippen LogP contribution is -2.27. The third-order valence-corrected chi connectivity index (χ3v) is 6.44. The van der Waals surface area contributed by atoms with Crippen LogP contribution in [0.2, 0.25) is 0 Å². The zero-order valence-corrected chi connectivity index (χ0v) is 17.7. The minimum Gasteiger partial charge on any atom is -0.348 e. The van der Waals surface area contributed by atoms with Crippen LogP contribution in [0.25, 0.3) is 10.2 Å². The van der Waals surface area contributed by atoms with E-state index < -0.39 is 0 Å². The molecule has 0 saturated heterocycles. The van der Waals surface area contributed by atoms with Crippen LogP contribution in [0.5, 0.6) is 0 Å². The third kappa shape index (κ3) is 3.60. The van der Waals surface area contributed by atoms with Crippen LogP contribution in [0.4, 0.5) is 0 Å². The average molecular weight is 431 g/mol. The number of amides is 1. The first kappa shape index (κ1) is 17.8. The van der Waals surface area contributed by atoms with E-state index in [1.807, 2.05) is 6.07 Å². The Bertz CT molecular complexity index is 958. The van der Waals surface area contributed by atoms with Crippen molar-refractivity contribution in [3.63, 3.8) is 0 Å². The van der Waals surface area contributed by atoms with Crippen molar-refractivity contribution in [2.45, 2.75) is 51.6 Å². The Morgan fingerprint density at radius 2 is 1.92 bits per heavy atom.